The van der Waals surface area contributed by atoms with Gasteiger partial charge in [-0.2, -0.15) is 0 Å². The van der Waals surface area contributed by atoms with E-state index in [1.54, 1.807) is 13.2 Å². The first-order valence-corrected chi connectivity index (χ1v) is 7.66. The maximum absolute atomic E-state index is 12.7. The number of fused-ring (bicyclic) bond motifs is 1. The van der Waals surface area contributed by atoms with Gasteiger partial charge in [0.25, 0.3) is 5.56 Å². The Morgan fingerprint density at radius 2 is 1.79 bits per heavy atom. The number of aliphatic hydroxyl groups excluding tert-OH is 1. The van der Waals surface area contributed by atoms with Crippen LogP contribution in [0.1, 0.15) is 0 Å². The number of aryl methyl sites for hydroxylation is 1. The van der Waals surface area contributed by atoms with E-state index in [9.17, 15) is 14.7 Å². The second-order valence-corrected chi connectivity index (χ2v) is 5.90. The molecule has 24 heavy (non-hydrogen) atoms. The summed E-state index contributed by atoms with van der Waals surface area (Å²) in [6.07, 6.45) is 1.75. The third-order valence-electron chi connectivity index (χ3n) is 4.22. The van der Waals surface area contributed by atoms with E-state index in [0.29, 0.717) is 23.1 Å². The molecule has 126 valence electrons. The number of nitrogens with two attached hydrogens (primary N) is 1. The molecule has 1 aromatic carbocycles. The maximum Gasteiger partial charge on any atom is 0.330 e. The Morgan fingerprint density at radius 3 is 2.42 bits per heavy atom. The molecule has 0 bridgehead atoms. The van der Waals surface area contributed by atoms with Crippen molar-refractivity contribution in [3.8, 4) is 11.3 Å². The third-order valence-corrected chi connectivity index (χ3v) is 4.22. The van der Waals surface area contributed by atoms with Crippen molar-refractivity contribution in [3.63, 3.8) is 0 Å². The van der Waals surface area contributed by atoms with Crippen molar-refractivity contribution in [2.24, 2.45) is 19.8 Å². The van der Waals surface area contributed by atoms with Crippen LogP contribution in [-0.4, -0.2) is 31.5 Å². The van der Waals surface area contributed by atoms with Gasteiger partial charge in [-0.05, 0) is 5.56 Å². The lowest BCUT2D eigenvalue weighted by atomic mass is 10.1. The summed E-state index contributed by atoms with van der Waals surface area (Å²) in [7, 11) is 3.10. The lowest BCUT2D eigenvalue weighted by molar-refractivity contribution is 0.254. The lowest BCUT2D eigenvalue weighted by Gasteiger charge is -2.13. The van der Waals surface area contributed by atoms with Crippen LogP contribution >= 0.6 is 0 Å². The SMILES string of the molecule is Cn1c(=O)c2c(-c3ccccc3)n(CC(N)CO)cc2n(C)c1=O. The standard InChI is InChI=1S/C17H20N4O3/c1-19-13-9-21(8-12(18)10-22)15(11-6-4-3-5-7-11)14(13)16(23)20(2)17(19)24/h3-7,9,12,22H,8,10,18H2,1-2H3. The zero-order chi connectivity index (χ0) is 17.4. The van der Waals surface area contributed by atoms with E-state index in [0.717, 1.165) is 10.1 Å². The van der Waals surface area contributed by atoms with Gasteiger partial charge in [0.1, 0.15) is 0 Å². The van der Waals surface area contributed by atoms with Crippen LogP contribution in [0.3, 0.4) is 0 Å². The summed E-state index contributed by atoms with van der Waals surface area (Å²) in [6.45, 7) is 0.173. The summed E-state index contributed by atoms with van der Waals surface area (Å²) in [5.41, 5.74) is 7.27. The first-order valence-electron chi connectivity index (χ1n) is 7.66. The molecule has 0 spiro atoms. The van der Waals surface area contributed by atoms with E-state index in [-0.39, 0.29) is 17.9 Å². The van der Waals surface area contributed by atoms with Gasteiger partial charge < -0.3 is 15.4 Å². The molecule has 0 radical (unpaired) electrons. The summed E-state index contributed by atoms with van der Waals surface area (Å²) in [6, 6.07) is 9.01. The van der Waals surface area contributed by atoms with Crippen LogP contribution in [0.25, 0.3) is 22.2 Å². The van der Waals surface area contributed by atoms with Crippen molar-refractivity contribution >= 4 is 10.9 Å². The Hall–Kier alpha value is -2.64. The molecule has 0 saturated heterocycles. The van der Waals surface area contributed by atoms with Gasteiger partial charge in [0, 0.05) is 32.9 Å². The molecule has 3 rings (SSSR count). The van der Waals surface area contributed by atoms with Crippen LogP contribution in [0.4, 0.5) is 0 Å². The van der Waals surface area contributed by atoms with E-state index in [4.69, 9.17) is 5.73 Å². The van der Waals surface area contributed by atoms with Crippen LogP contribution < -0.4 is 17.0 Å². The topological polar surface area (TPSA) is 95.2 Å². The van der Waals surface area contributed by atoms with E-state index >= 15 is 0 Å². The van der Waals surface area contributed by atoms with Crippen LogP contribution in [0, 0.1) is 0 Å². The summed E-state index contributed by atoms with van der Waals surface area (Å²) < 4.78 is 4.39. The number of aliphatic hydroxyl groups is 1. The lowest BCUT2D eigenvalue weighted by Crippen LogP contribution is -2.36. The zero-order valence-corrected chi connectivity index (χ0v) is 13.6. The fourth-order valence-electron chi connectivity index (χ4n) is 2.95. The zero-order valence-electron chi connectivity index (χ0n) is 13.6. The number of hydrogen-bond acceptors (Lipinski definition) is 4. The maximum atomic E-state index is 12.7. The first kappa shape index (κ1) is 16.2. The fraction of sp³-hybridized carbons (Fsp3) is 0.294. The van der Waals surface area contributed by atoms with Crippen molar-refractivity contribution in [2.45, 2.75) is 12.6 Å². The highest BCUT2D eigenvalue weighted by Gasteiger charge is 2.20. The molecule has 0 aliphatic heterocycles. The summed E-state index contributed by atoms with van der Waals surface area (Å²) in [4.78, 5) is 24.9. The van der Waals surface area contributed by atoms with Gasteiger partial charge >= 0.3 is 5.69 Å². The third kappa shape index (κ3) is 2.47. The van der Waals surface area contributed by atoms with Crippen molar-refractivity contribution in [2.75, 3.05) is 6.61 Å². The van der Waals surface area contributed by atoms with E-state index < -0.39 is 6.04 Å². The molecule has 3 aromatic rings. The van der Waals surface area contributed by atoms with E-state index in [2.05, 4.69) is 0 Å². The fourth-order valence-corrected chi connectivity index (χ4v) is 2.95. The normalized spacial score (nSPS) is 12.7. The molecule has 3 N–H and O–H groups in total. The quantitative estimate of drug-likeness (QED) is 0.706. The average Bonchev–Trinajstić information content (AvgIpc) is 2.97. The van der Waals surface area contributed by atoms with Crippen LogP contribution in [0.15, 0.2) is 46.1 Å². The number of aromatic nitrogens is 3. The van der Waals surface area contributed by atoms with Crippen molar-refractivity contribution < 1.29 is 5.11 Å². The molecule has 1 atom stereocenters. The predicted molar refractivity (Wildman–Crippen MR) is 92.9 cm³/mol. The Morgan fingerprint density at radius 1 is 1.12 bits per heavy atom. The monoisotopic (exact) mass is 328 g/mol. The van der Waals surface area contributed by atoms with Gasteiger partial charge in [-0.3, -0.25) is 13.9 Å². The Balaban J connectivity index is 2.43. The molecule has 0 fully saturated rings. The molecule has 7 heteroatoms. The molecule has 2 heterocycles. The van der Waals surface area contributed by atoms with Crippen LogP contribution in [0.2, 0.25) is 0 Å². The minimum Gasteiger partial charge on any atom is -0.395 e. The summed E-state index contributed by atoms with van der Waals surface area (Å²) >= 11 is 0. The van der Waals surface area contributed by atoms with Gasteiger partial charge in [-0.15, -0.1) is 0 Å². The smallest absolute Gasteiger partial charge is 0.330 e. The molecule has 0 saturated carbocycles. The Kier molecular flexibility index (Phi) is 4.13. The summed E-state index contributed by atoms with van der Waals surface area (Å²) in [5.74, 6) is 0. The highest BCUT2D eigenvalue weighted by Crippen LogP contribution is 2.27. The van der Waals surface area contributed by atoms with E-state index in [1.165, 1.54) is 11.6 Å². The Labute approximate surface area is 138 Å². The molecule has 7 nitrogen and oxygen atoms in total. The molecular weight excluding hydrogens is 308 g/mol. The van der Waals surface area contributed by atoms with Crippen molar-refractivity contribution in [1.82, 2.24) is 13.7 Å². The van der Waals surface area contributed by atoms with Crippen molar-refractivity contribution in [3.05, 3.63) is 57.4 Å². The predicted octanol–water partition coefficient (Wildman–Crippen LogP) is 0.0253. The highest BCUT2D eigenvalue weighted by molar-refractivity contribution is 5.93. The number of rotatable bonds is 4. The molecule has 2 aromatic heterocycles. The van der Waals surface area contributed by atoms with Crippen LogP contribution in [0.5, 0.6) is 0 Å². The average molecular weight is 328 g/mol. The summed E-state index contributed by atoms with van der Waals surface area (Å²) in [5, 5.41) is 9.74. The minimum absolute atomic E-state index is 0.167. The molecular formula is C17H20N4O3. The second kappa shape index (κ2) is 6.10. The molecule has 0 amide bonds. The largest absolute Gasteiger partial charge is 0.395 e. The number of nitrogens with zero attached hydrogens (tertiary/aromatic N) is 3. The van der Waals surface area contributed by atoms with Gasteiger partial charge in [0.2, 0.25) is 0 Å². The molecule has 0 aliphatic rings. The molecule has 1 unspecified atom stereocenters. The number of hydrogen-bond donors (Lipinski definition) is 2. The van der Waals surface area contributed by atoms with Gasteiger partial charge in [0.15, 0.2) is 0 Å². The van der Waals surface area contributed by atoms with Crippen molar-refractivity contribution in [1.29, 1.82) is 0 Å². The minimum atomic E-state index is -0.463. The van der Waals surface area contributed by atoms with Gasteiger partial charge in [0.05, 0.1) is 23.2 Å². The van der Waals surface area contributed by atoms with Gasteiger partial charge in [-0.1, -0.05) is 30.3 Å². The number of benzene rings is 1. The first-order chi connectivity index (χ1) is 11.5. The second-order valence-electron chi connectivity index (χ2n) is 5.90. The Bertz CT molecular complexity index is 999. The van der Waals surface area contributed by atoms with Crippen LogP contribution in [-0.2, 0) is 20.6 Å². The van der Waals surface area contributed by atoms with Gasteiger partial charge in [-0.25, -0.2) is 4.79 Å². The van der Waals surface area contributed by atoms with E-state index in [1.807, 2.05) is 34.9 Å². The molecule has 0 aliphatic carbocycles. The highest BCUT2D eigenvalue weighted by atomic mass is 16.3.